The minimum absolute atomic E-state index is 0.240. The van der Waals surface area contributed by atoms with Crippen LogP contribution in [0.5, 0.6) is 0 Å². The molecule has 1 saturated heterocycles. The van der Waals surface area contributed by atoms with Crippen molar-refractivity contribution in [2.75, 3.05) is 26.3 Å². The van der Waals surface area contributed by atoms with Crippen molar-refractivity contribution in [3.63, 3.8) is 0 Å². The molecule has 340 valence electrons. The summed E-state index contributed by atoms with van der Waals surface area (Å²) in [7, 11) is 0. The fourth-order valence-corrected chi connectivity index (χ4v) is 16.8. The van der Waals surface area contributed by atoms with Gasteiger partial charge in [0.2, 0.25) is 0 Å². The molecule has 0 spiro atoms. The second-order valence-corrected chi connectivity index (χ2v) is 23.8. The maximum Gasteiger partial charge on any atom is 0.182 e. The molecule has 61 heavy (non-hydrogen) atoms. The van der Waals surface area contributed by atoms with Gasteiger partial charge in [-0.15, -0.1) is 0 Å². The van der Waals surface area contributed by atoms with E-state index in [1.165, 1.54) is 177 Å². The average molecular weight is 948 g/mol. The molecule has 0 radical (unpaired) electrons. The molecule has 7 aliphatic carbocycles. The first kappa shape index (κ1) is 45.2. The van der Waals surface area contributed by atoms with Crippen LogP contribution in [0.1, 0.15) is 201 Å². The highest BCUT2D eigenvalue weighted by molar-refractivity contribution is 14.1. The maximum absolute atomic E-state index is 6.70. The van der Waals surface area contributed by atoms with Gasteiger partial charge in [-0.3, -0.25) is 0 Å². The van der Waals surface area contributed by atoms with Crippen LogP contribution in [0.2, 0.25) is 0 Å². The second kappa shape index (κ2) is 20.3. The second-order valence-electron chi connectivity index (χ2n) is 22.7. The van der Waals surface area contributed by atoms with Crippen molar-refractivity contribution in [1.82, 2.24) is 4.90 Å². The third-order valence-corrected chi connectivity index (χ3v) is 21.2. The Kier molecular flexibility index (Phi) is 15.1. The Morgan fingerprint density at radius 1 is 0.623 bits per heavy atom. The van der Waals surface area contributed by atoms with E-state index in [-0.39, 0.29) is 10.8 Å². The van der Waals surface area contributed by atoms with Gasteiger partial charge in [-0.2, -0.15) is 0 Å². The highest BCUT2D eigenvalue weighted by Gasteiger charge is 2.59. The number of allylic oxidation sites excluding steroid dienone is 8. The molecule has 2 heterocycles. The molecule has 0 N–H and O–H groups in total. The summed E-state index contributed by atoms with van der Waals surface area (Å²) in [5.74, 6) is 5.33. The number of ether oxygens (including phenoxy) is 2. The summed E-state index contributed by atoms with van der Waals surface area (Å²) in [6, 6.07) is 1.37. The lowest BCUT2D eigenvalue weighted by Gasteiger charge is -2.45. The molecule has 7 fully saturated rings. The van der Waals surface area contributed by atoms with Gasteiger partial charge in [0, 0.05) is 45.7 Å². The van der Waals surface area contributed by atoms with Gasteiger partial charge in [-0.1, -0.05) is 116 Å². The number of fused-ring (bicyclic) bond motifs is 4. The highest BCUT2D eigenvalue weighted by atomic mass is 127. The number of hydrogen-bond acceptors (Lipinski definition) is 3. The quantitative estimate of drug-likeness (QED) is 0.136. The number of likely N-dealkylation sites (tertiary alicyclic amines) is 1. The third kappa shape index (κ3) is 9.40. The van der Waals surface area contributed by atoms with Crippen LogP contribution in [0.3, 0.4) is 0 Å². The fraction of sp³-hybridized carbons (Fsp3) is 0.839. The zero-order chi connectivity index (χ0) is 42.0. The first-order valence-corrected chi connectivity index (χ1v) is 28.0. The number of rotatable bonds is 13. The van der Waals surface area contributed by atoms with E-state index in [0.717, 1.165) is 61.8 Å². The normalized spacial score (nSPS) is 40.2. The Hall–Kier alpha value is -0.920. The van der Waals surface area contributed by atoms with E-state index in [1.807, 2.05) is 0 Å². The van der Waals surface area contributed by atoms with E-state index in [4.69, 9.17) is 9.47 Å². The van der Waals surface area contributed by atoms with Gasteiger partial charge in [0.15, 0.2) is 18.3 Å². The van der Waals surface area contributed by atoms with E-state index in [0.29, 0.717) is 24.3 Å². The lowest BCUT2D eigenvalue weighted by Crippen LogP contribution is -2.44. The molecule has 6 saturated carbocycles. The van der Waals surface area contributed by atoms with Crippen LogP contribution in [0, 0.1) is 46.3 Å². The number of nitrogens with zero attached hydrogens (tertiary/aromatic N) is 2. The minimum Gasteiger partial charge on any atom is -0.376 e. The summed E-state index contributed by atoms with van der Waals surface area (Å²) < 4.78 is 17.9. The molecule has 0 aromatic heterocycles. The van der Waals surface area contributed by atoms with Crippen molar-refractivity contribution in [3.8, 4) is 0 Å². The minimum atomic E-state index is 0.240. The summed E-state index contributed by atoms with van der Waals surface area (Å²) in [5.41, 5.74) is 6.91. The summed E-state index contributed by atoms with van der Waals surface area (Å²) in [6.45, 7) is 14.3. The van der Waals surface area contributed by atoms with Crippen molar-refractivity contribution in [1.29, 1.82) is 0 Å². The molecular weight excluding hydrogens is 860 g/mol. The van der Waals surface area contributed by atoms with Gasteiger partial charge in [0.25, 0.3) is 0 Å². The Morgan fingerprint density at radius 2 is 1.20 bits per heavy atom. The van der Waals surface area contributed by atoms with E-state index < -0.39 is 0 Å². The molecule has 5 heteroatoms. The van der Waals surface area contributed by atoms with E-state index in [2.05, 4.69) is 84.1 Å². The van der Waals surface area contributed by atoms with Crippen LogP contribution in [0.25, 0.3) is 0 Å². The number of hydrogen-bond donors (Lipinski definition) is 0. The van der Waals surface area contributed by atoms with E-state index >= 15 is 0 Å². The van der Waals surface area contributed by atoms with Crippen molar-refractivity contribution in [2.45, 2.75) is 225 Å². The van der Waals surface area contributed by atoms with Crippen molar-refractivity contribution in [2.24, 2.45) is 46.3 Å². The summed E-state index contributed by atoms with van der Waals surface area (Å²) >= 11 is 2.76. The van der Waals surface area contributed by atoms with E-state index in [1.54, 1.807) is 22.6 Å². The van der Waals surface area contributed by atoms with Crippen LogP contribution in [-0.4, -0.2) is 65.8 Å². The molecule has 10 unspecified atom stereocenters. The van der Waals surface area contributed by atoms with Crippen LogP contribution in [-0.2, 0) is 9.47 Å². The van der Waals surface area contributed by atoms with Gasteiger partial charge in [-0.25, -0.2) is 4.58 Å². The predicted molar refractivity (Wildman–Crippen MR) is 263 cm³/mol. The lowest BCUT2D eigenvalue weighted by atomic mass is 9.59. The van der Waals surface area contributed by atoms with Gasteiger partial charge >= 0.3 is 0 Å². The van der Waals surface area contributed by atoms with Crippen LogP contribution < -0.4 is 0 Å². The molecular formula is C56H88IN2O2+. The number of halogens is 1. The van der Waals surface area contributed by atoms with Crippen molar-refractivity contribution < 1.29 is 14.0 Å². The molecule has 0 bridgehead atoms. The zero-order valence-electron chi connectivity index (χ0n) is 39.6. The average Bonchev–Trinajstić information content (AvgIpc) is 3.66. The molecule has 0 amide bonds. The predicted octanol–water partition coefficient (Wildman–Crippen LogP) is 14.7. The van der Waals surface area contributed by atoms with Crippen molar-refractivity contribution >= 4 is 28.3 Å². The molecule has 0 aromatic carbocycles. The monoisotopic (exact) mass is 948 g/mol. The largest absolute Gasteiger partial charge is 0.376 e. The fourth-order valence-electron chi connectivity index (χ4n) is 15.9. The van der Waals surface area contributed by atoms with Crippen LogP contribution in [0.15, 0.2) is 44.7 Å². The molecule has 9 rings (SSSR count). The first-order chi connectivity index (χ1) is 29.8. The summed E-state index contributed by atoms with van der Waals surface area (Å²) in [6.07, 6.45) is 48.4. The molecule has 0 aromatic rings. The Morgan fingerprint density at radius 3 is 1.84 bits per heavy atom. The van der Waals surface area contributed by atoms with Crippen LogP contribution >= 0.6 is 22.6 Å². The summed E-state index contributed by atoms with van der Waals surface area (Å²) in [4.78, 5) is 2.93. The smallest absolute Gasteiger partial charge is 0.182 e. The highest BCUT2D eigenvalue weighted by Crippen LogP contribution is 2.59. The Labute approximate surface area is 387 Å². The van der Waals surface area contributed by atoms with Gasteiger partial charge < -0.3 is 14.4 Å². The summed E-state index contributed by atoms with van der Waals surface area (Å²) in [5, 5.41) is 0. The Balaban J connectivity index is 0.997. The SMILES string of the molecule is CCC1(C)C(/C=C/C2=C(I)C(=C/C=C3/N(CCOC4CCCCC4)C4CC5CCCCC5CC4C3(C)CC)/CCC2)=[N+](CCOC2CCCCC2)C2CC3CCCCC3CC21. The standard InChI is InChI=1S/C56H88IN2O2/c1-5-55(3)48-36-42-18-13-15-20-44(42)38-50(48)58(32-34-60-46-24-9-7-10-25-46)52(55)30-28-40-22-17-23-41(54(40)57)29-31-53-56(4,6-2)49-37-43-19-14-16-21-45(43)39-51(49)59(53)33-35-61-47-26-11-8-12-27-47/h28-31,42-51H,5-27,32-39H2,1-4H3/q+1. The van der Waals surface area contributed by atoms with Gasteiger partial charge in [-0.05, 0) is 160 Å². The van der Waals surface area contributed by atoms with E-state index in [9.17, 15) is 0 Å². The van der Waals surface area contributed by atoms with Gasteiger partial charge in [0.05, 0.1) is 24.2 Å². The third-order valence-electron chi connectivity index (χ3n) is 19.8. The lowest BCUT2D eigenvalue weighted by molar-refractivity contribution is -0.571. The zero-order valence-corrected chi connectivity index (χ0v) is 41.7. The molecule has 9 aliphatic rings. The van der Waals surface area contributed by atoms with Gasteiger partial charge in [0.1, 0.15) is 6.61 Å². The first-order valence-electron chi connectivity index (χ1n) is 26.9. The molecule has 4 nitrogen and oxygen atoms in total. The maximum atomic E-state index is 6.70. The molecule has 10 atom stereocenters. The molecule has 2 aliphatic heterocycles. The topological polar surface area (TPSA) is 24.7 Å². The van der Waals surface area contributed by atoms with Crippen molar-refractivity contribution in [3.05, 3.63) is 44.7 Å². The Bertz CT molecular complexity index is 1660. The van der Waals surface area contributed by atoms with Crippen LogP contribution in [0.4, 0.5) is 0 Å².